The van der Waals surface area contributed by atoms with Crippen molar-refractivity contribution in [3.8, 4) is 0 Å². The molecule has 0 aliphatic carbocycles. The van der Waals surface area contributed by atoms with Gasteiger partial charge in [-0.3, -0.25) is 4.79 Å². The number of halogens is 1. The molecule has 0 radical (unpaired) electrons. The van der Waals surface area contributed by atoms with Gasteiger partial charge in [0.15, 0.2) is 0 Å². The molecule has 0 atom stereocenters. The number of carbonyl (C=O) groups is 1. The third-order valence-corrected chi connectivity index (χ3v) is 5.24. The molecule has 0 bridgehead atoms. The summed E-state index contributed by atoms with van der Waals surface area (Å²) in [5.41, 5.74) is 1.99. The van der Waals surface area contributed by atoms with E-state index in [4.69, 9.17) is 11.6 Å². The van der Waals surface area contributed by atoms with Crippen LogP contribution in [-0.2, 0) is 6.42 Å². The van der Waals surface area contributed by atoms with E-state index in [9.17, 15) is 4.79 Å². The van der Waals surface area contributed by atoms with Crippen LogP contribution < -0.4 is 5.32 Å². The maximum absolute atomic E-state index is 12.2. The minimum absolute atomic E-state index is 0.0523. The lowest BCUT2D eigenvalue weighted by Crippen LogP contribution is -2.09. The van der Waals surface area contributed by atoms with Crippen molar-refractivity contribution in [1.29, 1.82) is 0 Å². The van der Waals surface area contributed by atoms with Crippen LogP contribution in [0, 0.1) is 0 Å². The van der Waals surface area contributed by atoms with Crippen LogP contribution in [0.5, 0.6) is 0 Å². The zero-order valence-electron chi connectivity index (χ0n) is 10.6. The Morgan fingerprint density at radius 3 is 2.65 bits per heavy atom. The number of nitrogens with one attached hydrogen (secondary N) is 1. The lowest BCUT2D eigenvalue weighted by molar-refractivity contribution is 0.103. The van der Waals surface area contributed by atoms with E-state index < -0.39 is 0 Å². The molecule has 0 fully saturated rings. The number of fused-ring (bicyclic) bond motifs is 1. The third kappa shape index (κ3) is 2.87. The van der Waals surface area contributed by atoms with Gasteiger partial charge in [-0.05, 0) is 41.6 Å². The quantitative estimate of drug-likeness (QED) is 0.673. The van der Waals surface area contributed by atoms with Crippen LogP contribution >= 0.6 is 34.3 Å². The summed E-state index contributed by atoms with van der Waals surface area (Å²) in [5.74, 6) is 0.556. The second-order valence-electron chi connectivity index (χ2n) is 4.35. The predicted molar refractivity (Wildman–Crippen MR) is 88.5 cm³/mol. The molecule has 3 rings (SSSR count). The van der Waals surface area contributed by atoms with Crippen molar-refractivity contribution in [2.24, 2.45) is 0 Å². The Hall–Kier alpha value is -1.36. The molecule has 1 aromatic carbocycles. The van der Waals surface area contributed by atoms with Crippen molar-refractivity contribution >= 4 is 55.3 Å². The molecule has 2 aromatic heterocycles. The Kier molecular flexibility index (Phi) is 4.05. The van der Waals surface area contributed by atoms with Crippen LogP contribution in [0.1, 0.15) is 15.2 Å². The Morgan fingerprint density at radius 1 is 1.15 bits per heavy atom. The highest BCUT2D eigenvalue weighted by Gasteiger charge is 2.11. The largest absolute Gasteiger partial charge is 0.321 e. The highest BCUT2D eigenvalue weighted by atomic mass is 35.5. The molecule has 0 spiro atoms. The molecule has 2 heterocycles. The zero-order valence-corrected chi connectivity index (χ0v) is 12.9. The fraction of sp³-hybridized carbons (Fsp3) is 0.133. The van der Waals surface area contributed by atoms with Crippen LogP contribution in [0.15, 0.2) is 41.8 Å². The second-order valence-corrected chi connectivity index (χ2v) is 6.76. The molecular formula is C15H12ClNOS2. The number of alkyl halides is 1. The van der Waals surface area contributed by atoms with Gasteiger partial charge >= 0.3 is 0 Å². The van der Waals surface area contributed by atoms with E-state index >= 15 is 0 Å². The van der Waals surface area contributed by atoms with E-state index in [2.05, 4.69) is 5.32 Å². The number of hydrogen-bond donors (Lipinski definition) is 1. The highest BCUT2D eigenvalue weighted by molar-refractivity contribution is 7.27. The summed E-state index contributed by atoms with van der Waals surface area (Å²) < 4.78 is 2.33. The zero-order chi connectivity index (χ0) is 13.9. The molecule has 0 aliphatic rings. The van der Waals surface area contributed by atoms with E-state index in [1.807, 2.05) is 41.8 Å². The molecule has 5 heteroatoms. The third-order valence-electron chi connectivity index (χ3n) is 2.96. The molecular weight excluding hydrogens is 310 g/mol. The Morgan fingerprint density at radius 2 is 1.95 bits per heavy atom. The number of aryl methyl sites for hydroxylation is 1. The van der Waals surface area contributed by atoms with Gasteiger partial charge in [-0.25, -0.2) is 0 Å². The smallest absolute Gasteiger partial charge is 0.265 e. The maximum Gasteiger partial charge on any atom is 0.265 e. The fourth-order valence-corrected chi connectivity index (χ4v) is 4.16. The van der Waals surface area contributed by atoms with Crippen molar-refractivity contribution in [3.05, 3.63) is 52.2 Å². The molecule has 20 heavy (non-hydrogen) atoms. The first-order valence-electron chi connectivity index (χ1n) is 6.19. The van der Waals surface area contributed by atoms with Gasteiger partial charge in [0.25, 0.3) is 5.91 Å². The molecule has 0 unspecified atom stereocenters. The van der Waals surface area contributed by atoms with Crippen molar-refractivity contribution in [2.75, 3.05) is 11.2 Å². The SMILES string of the molecule is O=C(Nc1ccc(CCCl)cc1)c1cc2sccc2s1. The van der Waals surface area contributed by atoms with Crippen LogP contribution in [-0.4, -0.2) is 11.8 Å². The van der Waals surface area contributed by atoms with E-state index in [1.54, 1.807) is 11.3 Å². The Labute approximate surface area is 130 Å². The number of amides is 1. The molecule has 1 N–H and O–H groups in total. The van der Waals surface area contributed by atoms with E-state index in [0.717, 1.165) is 26.4 Å². The van der Waals surface area contributed by atoms with Crippen LogP contribution in [0.3, 0.4) is 0 Å². The number of thiophene rings is 2. The number of benzene rings is 1. The van der Waals surface area contributed by atoms with E-state index in [0.29, 0.717) is 5.88 Å². The molecule has 102 valence electrons. The lowest BCUT2D eigenvalue weighted by atomic mass is 10.1. The average molecular weight is 322 g/mol. The van der Waals surface area contributed by atoms with Crippen LogP contribution in [0.2, 0.25) is 0 Å². The number of carbonyl (C=O) groups excluding carboxylic acids is 1. The summed E-state index contributed by atoms with van der Waals surface area (Å²) >= 11 is 8.88. The highest BCUT2D eigenvalue weighted by Crippen LogP contribution is 2.30. The second kappa shape index (κ2) is 5.95. The van der Waals surface area contributed by atoms with Gasteiger partial charge in [-0.2, -0.15) is 0 Å². The molecule has 2 nitrogen and oxygen atoms in total. The molecule has 0 aliphatic heterocycles. The summed E-state index contributed by atoms with van der Waals surface area (Å²) in [7, 11) is 0. The van der Waals surface area contributed by atoms with Gasteiger partial charge in [-0.1, -0.05) is 12.1 Å². The van der Waals surface area contributed by atoms with Crippen molar-refractivity contribution in [2.45, 2.75) is 6.42 Å². The normalized spacial score (nSPS) is 10.8. The fourth-order valence-electron chi connectivity index (χ4n) is 1.93. The molecule has 0 saturated carbocycles. The maximum atomic E-state index is 12.2. The monoisotopic (exact) mass is 321 g/mol. The first kappa shape index (κ1) is 13.6. The first-order valence-corrected chi connectivity index (χ1v) is 8.42. The minimum Gasteiger partial charge on any atom is -0.321 e. The van der Waals surface area contributed by atoms with Gasteiger partial charge in [-0.15, -0.1) is 34.3 Å². The Balaban J connectivity index is 1.73. The minimum atomic E-state index is -0.0523. The van der Waals surface area contributed by atoms with E-state index in [1.165, 1.54) is 16.9 Å². The number of hydrogen-bond acceptors (Lipinski definition) is 3. The van der Waals surface area contributed by atoms with Gasteiger partial charge in [0.2, 0.25) is 0 Å². The van der Waals surface area contributed by atoms with Crippen LogP contribution in [0.25, 0.3) is 9.40 Å². The van der Waals surface area contributed by atoms with Gasteiger partial charge in [0.05, 0.1) is 4.88 Å². The summed E-state index contributed by atoms with van der Waals surface area (Å²) in [4.78, 5) is 12.9. The predicted octanol–water partition coefficient (Wildman–Crippen LogP) is 5.00. The average Bonchev–Trinajstić information content (AvgIpc) is 3.02. The molecule has 0 saturated heterocycles. The summed E-state index contributed by atoms with van der Waals surface area (Å²) in [6.45, 7) is 0. The van der Waals surface area contributed by atoms with E-state index in [-0.39, 0.29) is 5.91 Å². The molecule has 3 aromatic rings. The van der Waals surface area contributed by atoms with Crippen molar-refractivity contribution in [1.82, 2.24) is 0 Å². The topological polar surface area (TPSA) is 29.1 Å². The first-order chi connectivity index (χ1) is 9.76. The summed E-state index contributed by atoms with van der Waals surface area (Å²) in [6.07, 6.45) is 0.844. The number of rotatable bonds is 4. The lowest BCUT2D eigenvalue weighted by Gasteiger charge is -2.04. The molecule has 1 amide bonds. The van der Waals surface area contributed by atoms with Crippen LogP contribution in [0.4, 0.5) is 5.69 Å². The number of anilines is 1. The van der Waals surface area contributed by atoms with Crippen molar-refractivity contribution in [3.63, 3.8) is 0 Å². The summed E-state index contributed by atoms with van der Waals surface area (Å²) in [6, 6.07) is 11.8. The van der Waals surface area contributed by atoms with Crippen molar-refractivity contribution < 1.29 is 4.79 Å². The summed E-state index contributed by atoms with van der Waals surface area (Å²) in [5, 5.41) is 4.96. The standard InChI is InChI=1S/C15H12ClNOS2/c16-7-5-10-1-3-11(4-2-10)17-15(18)14-9-13-12(20-14)6-8-19-13/h1-4,6,8-9H,5,7H2,(H,17,18). The Bertz CT molecular complexity index is 701. The van der Waals surface area contributed by atoms with Gasteiger partial charge < -0.3 is 5.32 Å². The van der Waals surface area contributed by atoms with Gasteiger partial charge in [0, 0.05) is 21.0 Å². The van der Waals surface area contributed by atoms with Gasteiger partial charge in [0.1, 0.15) is 0 Å².